The molecule has 0 unspecified atom stereocenters. The van der Waals surface area contributed by atoms with Crippen LogP contribution in [0.15, 0.2) is 34.2 Å². The summed E-state index contributed by atoms with van der Waals surface area (Å²) in [7, 11) is 0. The summed E-state index contributed by atoms with van der Waals surface area (Å²) in [6.45, 7) is 2.60. The molecule has 0 spiro atoms. The number of aromatic amines is 1. The molecule has 132 valence electrons. The average molecular weight is 357 g/mol. The highest BCUT2D eigenvalue weighted by Gasteiger charge is 2.15. The van der Waals surface area contributed by atoms with Gasteiger partial charge in [0.15, 0.2) is 5.16 Å². The SMILES string of the molecule is Cc1ccc(C(=O)NCCCSc2nc3c(c(=O)[nH]2)CCCC3)cc1. The third-order valence-electron chi connectivity index (χ3n) is 4.33. The normalized spacial score (nSPS) is 13.3. The predicted molar refractivity (Wildman–Crippen MR) is 100 cm³/mol. The number of hydrogen-bond donors (Lipinski definition) is 2. The molecule has 1 amide bonds. The largest absolute Gasteiger partial charge is 0.352 e. The molecule has 0 atom stereocenters. The molecule has 3 rings (SSSR count). The highest BCUT2D eigenvalue weighted by molar-refractivity contribution is 7.99. The van der Waals surface area contributed by atoms with Gasteiger partial charge in [0.2, 0.25) is 0 Å². The zero-order chi connectivity index (χ0) is 17.6. The summed E-state index contributed by atoms with van der Waals surface area (Å²) in [6, 6.07) is 7.54. The Balaban J connectivity index is 1.44. The van der Waals surface area contributed by atoms with Crippen molar-refractivity contribution in [3.8, 4) is 0 Å². The average Bonchev–Trinajstić information content (AvgIpc) is 2.62. The molecule has 0 saturated heterocycles. The third-order valence-corrected chi connectivity index (χ3v) is 5.29. The number of rotatable bonds is 6. The van der Waals surface area contributed by atoms with Crippen LogP contribution in [-0.2, 0) is 12.8 Å². The van der Waals surface area contributed by atoms with E-state index in [0.717, 1.165) is 54.7 Å². The highest BCUT2D eigenvalue weighted by Crippen LogP contribution is 2.19. The van der Waals surface area contributed by atoms with Crippen molar-refractivity contribution in [2.24, 2.45) is 0 Å². The fourth-order valence-electron chi connectivity index (χ4n) is 2.90. The van der Waals surface area contributed by atoms with Crippen molar-refractivity contribution in [2.75, 3.05) is 12.3 Å². The van der Waals surface area contributed by atoms with Gasteiger partial charge in [-0.05, 0) is 51.2 Å². The molecule has 1 aromatic heterocycles. The number of aromatic nitrogens is 2. The van der Waals surface area contributed by atoms with E-state index in [2.05, 4.69) is 15.3 Å². The predicted octanol–water partition coefficient (Wildman–Crippen LogP) is 2.87. The summed E-state index contributed by atoms with van der Waals surface area (Å²) in [6.07, 6.45) is 4.75. The van der Waals surface area contributed by atoms with Crippen LogP contribution in [0.3, 0.4) is 0 Å². The molecule has 1 aliphatic carbocycles. The zero-order valence-electron chi connectivity index (χ0n) is 14.4. The number of carbonyl (C=O) groups is 1. The van der Waals surface area contributed by atoms with Crippen molar-refractivity contribution in [2.45, 2.75) is 44.2 Å². The first-order valence-corrected chi connectivity index (χ1v) is 9.72. The number of nitrogens with zero attached hydrogens (tertiary/aromatic N) is 1. The fourth-order valence-corrected chi connectivity index (χ4v) is 3.72. The summed E-state index contributed by atoms with van der Waals surface area (Å²) in [4.78, 5) is 31.6. The van der Waals surface area contributed by atoms with E-state index < -0.39 is 0 Å². The standard InChI is InChI=1S/C19H23N3O2S/c1-13-7-9-14(10-8-13)17(23)20-11-4-12-25-19-21-16-6-3-2-5-15(16)18(24)22-19/h7-10H,2-6,11-12H2,1H3,(H,20,23)(H,21,22,24). The molecule has 0 bridgehead atoms. The molecule has 0 radical (unpaired) electrons. The number of benzene rings is 1. The second-order valence-electron chi connectivity index (χ2n) is 6.33. The van der Waals surface area contributed by atoms with E-state index in [0.29, 0.717) is 17.3 Å². The van der Waals surface area contributed by atoms with Crippen LogP contribution in [0.1, 0.15) is 46.4 Å². The van der Waals surface area contributed by atoms with E-state index in [1.807, 2.05) is 31.2 Å². The molecule has 2 N–H and O–H groups in total. The topological polar surface area (TPSA) is 74.8 Å². The van der Waals surface area contributed by atoms with E-state index in [1.54, 1.807) is 0 Å². The molecule has 5 nitrogen and oxygen atoms in total. The molecule has 0 aliphatic heterocycles. The summed E-state index contributed by atoms with van der Waals surface area (Å²) < 4.78 is 0. The molecule has 0 saturated carbocycles. The number of hydrogen-bond acceptors (Lipinski definition) is 4. The molecule has 1 aliphatic rings. The van der Waals surface area contributed by atoms with Gasteiger partial charge in [-0.1, -0.05) is 29.5 Å². The van der Waals surface area contributed by atoms with Gasteiger partial charge >= 0.3 is 0 Å². The Labute approximate surface area is 151 Å². The molecule has 2 aromatic rings. The quantitative estimate of drug-likeness (QED) is 0.474. The van der Waals surface area contributed by atoms with Crippen molar-refractivity contribution in [3.05, 3.63) is 57.0 Å². The third kappa shape index (κ3) is 4.72. The Hall–Kier alpha value is -2.08. The van der Waals surface area contributed by atoms with Gasteiger partial charge in [0.05, 0.1) is 5.69 Å². The van der Waals surface area contributed by atoms with E-state index in [4.69, 9.17) is 0 Å². The molecule has 1 aromatic carbocycles. The van der Waals surface area contributed by atoms with Gasteiger partial charge in [-0.25, -0.2) is 4.98 Å². The highest BCUT2D eigenvalue weighted by atomic mass is 32.2. The van der Waals surface area contributed by atoms with Crippen molar-refractivity contribution < 1.29 is 4.79 Å². The van der Waals surface area contributed by atoms with E-state index in [1.165, 1.54) is 11.8 Å². The number of H-pyrrole nitrogens is 1. The lowest BCUT2D eigenvalue weighted by molar-refractivity contribution is 0.0954. The van der Waals surface area contributed by atoms with Gasteiger partial charge < -0.3 is 10.3 Å². The second kappa shape index (κ2) is 8.34. The maximum absolute atomic E-state index is 12.1. The minimum atomic E-state index is -0.0506. The van der Waals surface area contributed by atoms with Crippen LogP contribution in [0, 0.1) is 6.92 Å². The minimum absolute atomic E-state index is 0.0138. The van der Waals surface area contributed by atoms with Gasteiger partial charge in [0, 0.05) is 23.4 Å². The molecule has 25 heavy (non-hydrogen) atoms. The summed E-state index contributed by atoms with van der Waals surface area (Å²) in [5.41, 5.74) is 3.66. The molecule has 1 heterocycles. The molecule has 6 heteroatoms. The Bertz CT molecular complexity index is 799. The Morgan fingerprint density at radius 1 is 1.24 bits per heavy atom. The van der Waals surface area contributed by atoms with Crippen LogP contribution in [-0.4, -0.2) is 28.2 Å². The van der Waals surface area contributed by atoms with Crippen LogP contribution < -0.4 is 10.9 Å². The van der Waals surface area contributed by atoms with Crippen molar-refractivity contribution in [1.29, 1.82) is 0 Å². The molecule has 0 fully saturated rings. The number of aryl methyl sites for hydroxylation is 2. The zero-order valence-corrected chi connectivity index (χ0v) is 15.2. The van der Waals surface area contributed by atoms with E-state index >= 15 is 0 Å². The first-order chi connectivity index (χ1) is 12.1. The van der Waals surface area contributed by atoms with Crippen LogP contribution in [0.25, 0.3) is 0 Å². The Kier molecular flexibility index (Phi) is 5.91. The van der Waals surface area contributed by atoms with Crippen molar-refractivity contribution in [1.82, 2.24) is 15.3 Å². The van der Waals surface area contributed by atoms with Gasteiger partial charge in [-0.2, -0.15) is 0 Å². The number of nitrogens with one attached hydrogen (secondary N) is 2. The monoisotopic (exact) mass is 357 g/mol. The van der Waals surface area contributed by atoms with Crippen molar-refractivity contribution >= 4 is 17.7 Å². The van der Waals surface area contributed by atoms with E-state index in [-0.39, 0.29) is 11.5 Å². The van der Waals surface area contributed by atoms with Gasteiger partial charge in [0.1, 0.15) is 0 Å². The number of fused-ring (bicyclic) bond motifs is 1. The van der Waals surface area contributed by atoms with Gasteiger partial charge in [0.25, 0.3) is 11.5 Å². The first kappa shape index (κ1) is 17.7. The van der Waals surface area contributed by atoms with Crippen LogP contribution in [0.4, 0.5) is 0 Å². The summed E-state index contributed by atoms with van der Waals surface area (Å²) in [5.74, 6) is 0.751. The second-order valence-corrected chi connectivity index (χ2v) is 7.41. The van der Waals surface area contributed by atoms with E-state index in [9.17, 15) is 9.59 Å². The smallest absolute Gasteiger partial charge is 0.254 e. The lowest BCUT2D eigenvalue weighted by Crippen LogP contribution is -2.25. The molecular weight excluding hydrogens is 334 g/mol. The Morgan fingerprint density at radius 3 is 2.80 bits per heavy atom. The Morgan fingerprint density at radius 2 is 2.00 bits per heavy atom. The van der Waals surface area contributed by atoms with Crippen molar-refractivity contribution in [3.63, 3.8) is 0 Å². The fraction of sp³-hybridized carbons (Fsp3) is 0.421. The van der Waals surface area contributed by atoms with Crippen LogP contribution in [0.5, 0.6) is 0 Å². The van der Waals surface area contributed by atoms with Gasteiger partial charge in [-0.15, -0.1) is 0 Å². The summed E-state index contributed by atoms with van der Waals surface area (Å²) in [5, 5.41) is 3.61. The maximum Gasteiger partial charge on any atom is 0.254 e. The number of thioether (sulfide) groups is 1. The summed E-state index contributed by atoms with van der Waals surface area (Å²) >= 11 is 1.54. The lowest BCUT2D eigenvalue weighted by Gasteiger charge is -2.14. The number of carbonyl (C=O) groups excluding carboxylic acids is 1. The van der Waals surface area contributed by atoms with Crippen LogP contribution >= 0.6 is 11.8 Å². The number of amides is 1. The molecular formula is C19H23N3O2S. The van der Waals surface area contributed by atoms with Gasteiger partial charge in [-0.3, -0.25) is 9.59 Å². The van der Waals surface area contributed by atoms with Crippen LogP contribution in [0.2, 0.25) is 0 Å². The minimum Gasteiger partial charge on any atom is -0.352 e. The maximum atomic E-state index is 12.1. The lowest BCUT2D eigenvalue weighted by atomic mass is 9.97. The first-order valence-electron chi connectivity index (χ1n) is 8.73.